The summed E-state index contributed by atoms with van der Waals surface area (Å²) < 4.78 is 29.9. The van der Waals surface area contributed by atoms with E-state index in [4.69, 9.17) is 45.5 Å². The molecule has 2 bridgehead atoms. The number of carbonyl (C=O) groups excluding carboxylic acids is 4. The molecule has 1 saturated carbocycles. The van der Waals surface area contributed by atoms with E-state index in [9.17, 15) is 34.2 Å². The van der Waals surface area contributed by atoms with Crippen LogP contribution in [0.1, 0.15) is 123 Å². The van der Waals surface area contributed by atoms with Gasteiger partial charge in [0.15, 0.2) is 0 Å². The van der Waals surface area contributed by atoms with E-state index in [2.05, 4.69) is 6.92 Å². The number of aliphatic hydroxyl groups excluding tert-OH is 1. The number of rotatable bonds is 7. The summed E-state index contributed by atoms with van der Waals surface area (Å²) in [6.45, 7) is 11.3. The highest BCUT2D eigenvalue weighted by Crippen LogP contribution is 2.39. The summed E-state index contributed by atoms with van der Waals surface area (Å²) in [5, 5.41) is 40.9. The van der Waals surface area contributed by atoms with Crippen molar-refractivity contribution in [1.29, 1.82) is 0 Å². The molecule has 1 aromatic rings. The van der Waals surface area contributed by atoms with Gasteiger partial charge in [-0.3, -0.25) is 14.4 Å². The molecule has 1 aliphatic carbocycles. The number of piperidine rings is 1. The van der Waals surface area contributed by atoms with Crippen LogP contribution in [0.4, 0.5) is 0 Å². The molecule has 4 N–H and O–H groups in total. The second-order valence-electron chi connectivity index (χ2n) is 18.9. The van der Waals surface area contributed by atoms with Crippen molar-refractivity contribution in [3.05, 3.63) is 53.1 Å². The number of hydrogen-bond donors (Lipinski definition) is 4. The van der Waals surface area contributed by atoms with Crippen LogP contribution in [0.25, 0.3) is 0 Å². The van der Waals surface area contributed by atoms with Gasteiger partial charge in [-0.1, -0.05) is 57.6 Å². The number of para-hydroxylation sites is 1. The number of hydrogen-bond acceptors (Lipinski definition) is 13. The number of phenols is 1. The zero-order valence-corrected chi connectivity index (χ0v) is 40.9. The quantitative estimate of drug-likeness (QED) is 0.0957. The molecule has 66 heavy (non-hydrogen) atoms. The molecule has 16 heteroatoms. The standard InChI is InChI=1S/C43H68ClNO11.C7H6O3/c1-10-30-18-24(2)17-25(3)19-36(53-8)39-37(54-9)21-27(5)43(51,56-39)40(48)41(49)45-16-12-11-13-32(45)42(50)55-38(28(6)33(46)23-34(30)47)26(4)20-29-14-15-31(44)35(22-29)52-7;8-6-4-2-1-3-5(6)7(9)10/h18,20,25,27-33,35-39,46,51H,10-17,19,21-23H2,1-9H3;1-4,8H,(H,9,10)/b24-18+,26-20+;/t25-,27+,28+,29-,30+,31+,32-,33-,35+,36-,37-,38+,39+,43+;/m0./s1. The normalized spacial score (nSPS) is 36.7. The van der Waals surface area contributed by atoms with Crippen LogP contribution in [0.5, 0.6) is 5.75 Å². The van der Waals surface area contributed by atoms with Crippen molar-refractivity contribution in [3.63, 3.8) is 0 Å². The zero-order valence-electron chi connectivity index (χ0n) is 40.2. The highest BCUT2D eigenvalue weighted by molar-refractivity contribution is 6.39. The van der Waals surface area contributed by atoms with E-state index in [1.807, 2.05) is 32.9 Å². The van der Waals surface area contributed by atoms with E-state index >= 15 is 0 Å². The van der Waals surface area contributed by atoms with Gasteiger partial charge in [-0.05, 0) is 108 Å². The number of aromatic hydroxyl groups is 1. The minimum Gasteiger partial charge on any atom is -0.507 e. The number of ether oxygens (including phenoxy) is 5. The van der Waals surface area contributed by atoms with Gasteiger partial charge in [0.05, 0.1) is 29.8 Å². The fourth-order valence-corrected chi connectivity index (χ4v) is 10.3. The van der Waals surface area contributed by atoms with Crippen molar-refractivity contribution in [2.45, 2.75) is 166 Å². The number of amides is 1. The average molecular weight is 949 g/mol. The molecule has 4 aliphatic rings. The molecule has 14 atom stereocenters. The first-order chi connectivity index (χ1) is 31.2. The lowest BCUT2D eigenvalue weighted by atomic mass is 9.82. The van der Waals surface area contributed by atoms with Crippen LogP contribution in [0, 0.1) is 29.6 Å². The summed E-state index contributed by atoms with van der Waals surface area (Å²) in [6.07, 6.45) is 5.16. The molecular formula is C50H74ClNO14. The second kappa shape index (κ2) is 25.1. The number of carbonyl (C=O) groups is 5. The molecule has 5 rings (SSSR count). The minimum atomic E-state index is -2.49. The molecule has 370 valence electrons. The largest absolute Gasteiger partial charge is 0.507 e. The molecule has 3 heterocycles. The van der Waals surface area contributed by atoms with Crippen molar-refractivity contribution in [3.8, 4) is 5.75 Å². The number of carboxylic acid groups (broad SMARTS) is 1. The van der Waals surface area contributed by atoms with Gasteiger partial charge in [-0.15, -0.1) is 11.6 Å². The van der Waals surface area contributed by atoms with E-state index in [0.29, 0.717) is 44.1 Å². The first-order valence-corrected chi connectivity index (χ1v) is 23.9. The molecule has 1 amide bonds. The van der Waals surface area contributed by atoms with E-state index in [-0.39, 0.29) is 66.2 Å². The fraction of sp³-hybridized carbons (Fsp3) is 0.700. The van der Waals surface area contributed by atoms with Crippen molar-refractivity contribution in [2.24, 2.45) is 29.6 Å². The first-order valence-electron chi connectivity index (χ1n) is 23.5. The lowest BCUT2D eigenvalue weighted by molar-refractivity contribution is -0.302. The molecule has 1 aromatic carbocycles. The topological polar surface area (TPSA) is 216 Å². The zero-order chi connectivity index (χ0) is 49.0. The highest BCUT2D eigenvalue weighted by atomic mass is 35.5. The Labute approximate surface area is 395 Å². The molecule has 0 radical (unpaired) electrons. The van der Waals surface area contributed by atoms with Gasteiger partial charge in [-0.2, -0.15) is 0 Å². The number of methoxy groups -OCH3 is 3. The fourth-order valence-electron chi connectivity index (χ4n) is 10.0. The molecule has 3 aliphatic heterocycles. The third kappa shape index (κ3) is 13.7. The van der Waals surface area contributed by atoms with Crippen LogP contribution in [0.3, 0.4) is 0 Å². The maximum atomic E-state index is 14.3. The van der Waals surface area contributed by atoms with Crippen LogP contribution >= 0.6 is 11.6 Å². The van der Waals surface area contributed by atoms with E-state index in [0.717, 1.165) is 18.4 Å². The molecule has 0 aromatic heterocycles. The maximum absolute atomic E-state index is 14.3. The van der Waals surface area contributed by atoms with Crippen molar-refractivity contribution in [2.75, 3.05) is 27.9 Å². The maximum Gasteiger partial charge on any atom is 0.339 e. The molecule has 0 unspecified atom stereocenters. The van der Waals surface area contributed by atoms with Crippen LogP contribution in [-0.2, 0) is 42.9 Å². The second-order valence-corrected chi connectivity index (χ2v) is 19.5. The monoisotopic (exact) mass is 947 g/mol. The van der Waals surface area contributed by atoms with Gasteiger partial charge < -0.3 is 49.0 Å². The molecule has 2 saturated heterocycles. The van der Waals surface area contributed by atoms with Gasteiger partial charge >= 0.3 is 11.9 Å². The summed E-state index contributed by atoms with van der Waals surface area (Å²) in [5.74, 6) is -8.62. The van der Waals surface area contributed by atoms with Crippen LogP contribution in [0.15, 0.2) is 47.6 Å². The number of halogens is 1. The lowest BCUT2D eigenvalue weighted by Gasteiger charge is -2.47. The van der Waals surface area contributed by atoms with E-state index < -0.39 is 83.7 Å². The highest BCUT2D eigenvalue weighted by Gasteiger charge is 2.56. The Kier molecular flexibility index (Phi) is 20.9. The van der Waals surface area contributed by atoms with Crippen molar-refractivity contribution < 1.29 is 68.1 Å². The number of Topliss-reactive ketones (excluding diaryl/α,β-unsaturated/α-hetero) is 2. The Morgan fingerprint density at radius 1 is 0.939 bits per heavy atom. The number of aliphatic hydroxyl groups is 2. The Hall–Kier alpha value is -3.70. The average Bonchev–Trinajstić information content (AvgIpc) is 3.29. The van der Waals surface area contributed by atoms with E-state index in [1.165, 1.54) is 31.3 Å². The van der Waals surface area contributed by atoms with Gasteiger partial charge in [0.25, 0.3) is 11.7 Å². The third-order valence-electron chi connectivity index (χ3n) is 14.0. The van der Waals surface area contributed by atoms with E-state index in [1.54, 1.807) is 33.1 Å². The first kappa shape index (κ1) is 54.9. The Balaban J connectivity index is 0.000000839. The van der Waals surface area contributed by atoms with Crippen molar-refractivity contribution >= 4 is 41.0 Å². The van der Waals surface area contributed by atoms with Crippen LogP contribution in [0.2, 0.25) is 0 Å². The number of carboxylic acids is 1. The minimum absolute atomic E-state index is 0.0425. The summed E-state index contributed by atoms with van der Waals surface area (Å²) in [4.78, 5) is 68.0. The lowest BCUT2D eigenvalue weighted by Crippen LogP contribution is -2.64. The summed E-state index contributed by atoms with van der Waals surface area (Å²) in [5.41, 5.74) is 1.64. The number of allylic oxidation sites excluding steroid dienone is 3. The predicted molar refractivity (Wildman–Crippen MR) is 247 cm³/mol. The summed E-state index contributed by atoms with van der Waals surface area (Å²) in [7, 11) is 4.71. The number of alkyl halides is 1. The predicted octanol–water partition coefficient (Wildman–Crippen LogP) is 6.81. The number of esters is 1. The number of cyclic esters (lactones) is 1. The van der Waals surface area contributed by atoms with Crippen molar-refractivity contribution in [1.82, 2.24) is 4.90 Å². The number of nitrogens with zero attached hydrogens (tertiary/aromatic N) is 1. The molecule has 3 fully saturated rings. The molecule has 0 spiro atoms. The smallest absolute Gasteiger partial charge is 0.339 e. The van der Waals surface area contributed by atoms with Gasteiger partial charge in [-0.25, -0.2) is 9.59 Å². The molecule has 15 nitrogen and oxygen atoms in total. The Bertz CT molecular complexity index is 1890. The van der Waals surface area contributed by atoms with Gasteiger partial charge in [0.2, 0.25) is 5.79 Å². The van der Waals surface area contributed by atoms with Gasteiger partial charge in [0.1, 0.15) is 35.3 Å². The summed E-state index contributed by atoms with van der Waals surface area (Å²) in [6, 6.07) is 4.70. The number of ketones is 2. The Morgan fingerprint density at radius 2 is 1.59 bits per heavy atom. The molecular weight excluding hydrogens is 874 g/mol. The third-order valence-corrected chi connectivity index (χ3v) is 14.5. The SMILES string of the molecule is CC[C@@H]1/C=C(\C)C[C@H](C)C[C@H](OC)[C@H]2O[C@@](O)(C(=O)C(=O)N3CCCC[C@H]3C(=O)O[C@H](/C(C)=C/[C@@H]3CC[C@@H](Cl)[C@H](OC)C3)[C@H](C)[C@@H](O)CC1=O)[C@H](C)C[C@@H]2OC.O=C(O)c1ccccc1O. The number of fused-ring (bicyclic) bond motifs is 3. The Morgan fingerprint density at radius 3 is 2.20 bits per heavy atom. The van der Waals surface area contributed by atoms with Crippen LogP contribution < -0.4 is 0 Å². The summed E-state index contributed by atoms with van der Waals surface area (Å²) >= 11 is 6.52. The number of benzene rings is 1. The van der Waals surface area contributed by atoms with Gasteiger partial charge in [0, 0.05) is 52.0 Å². The number of aromatic carboxylic acids is 1. The van der Waals surface area contributed by atoms with Crippen LogP contribution in [-0.4, -0.2) is 136 Å².